The molecule has 8 heteroatoms. The molecule has 0 fully saturated rings. The van der Waals surface area contributed by atoms with E-state index in [-0.39, 0.29) is 5.56 Å². The molecule has 0 unspecified atom stereocenters. The van der Waals surface area contributed by atoms with Gasteiger partial charge < -0.3 is 15.4 Å². The first-order valence-electron chi connectivity index (χ1n) is 7.84. The Morgan fingerprint density at radius 3 is 2.59 bits per heavy atom. The minimum atomic E-state index is -0.406. The molecule has 0 bridgehead atoms. The second kappa shape index (κ2) is 8.17. The second-order valence-corrected chi connectivity index (χ2v) is 5.79. The van der Waals surface area contributed by atoms with Crippen LogP contribution in [0.5, 0.6) is 5.75 Å². The fourth-order valence-corrected chi connectivity index (χ4v) is 2.52. The molecule has 0 spiro atoms. The number of halogens is 1. The number of nitrogens with one attached hydrogen (secondary N) is 2. The molecule has 2 N–H and O–H groups in total. The van der Waals surface area contributed by atoms with Crippen LogP contribution in [0.2, 0.25) is 5.02 Å². The van der Waals surface area contributed by atoms with E-state index < -0.39 is 5.91 Å². The predicted octanol–water partition coefficient (Wildman–Crippen LogP) is 4.01. The number of nitriles is 1. The van der Waals surface area contributed by atoms with Crippen LogP contribution in [0.1, 0.15) is 15.9 Å². The Balaban J connectivity index is 1.70. The van der Waals surface area contributed by atoms with Gasteiger partial charge in [-0.1, -0.05) is 23.7 Å². The number of hydrogen-bond acceptors (Lipinski definition) is 6. The zero-order valence-electron chi connectivity index (χ0n) is 14.2. The number of hydrogen-bond donors (Lipinski definition) is 2. The van der Waals surface area contributed by atoms with Crippen LogP contribution in [-0.4, -0.2) is 23.0 Å². The zero-order valence-corrected chi connectivity index (χ0v) is 15.0. The quantitative estimate of drug-likeness (QED) is 0.694. The molecule has 134 valence electrons. The molecule has 27 heavy (non-hydrogen) atoms. The van der Waals surface area contributed by atoms with Crippen LogP contribution in [0.3, 0.4) is 0 Å². The van der Waals surface area contributed by atoms with Crippen molar-refractivity contribution in [3.8, 4) is 11.8 Å². The van der Waals surface area contributed by atoms with Gasteiger partial charge in [0.15, 0.2) is 0 Å². The summed E-state index contributed by atoms with van der Waals surface area (Å²) in [5, 5.41) is 15.2. The lowest BCUT2D eigenvalue weighted by Gasteiger charge is -2.09. The van der Waals surface area contributed by atoms with E-state index in [1.54, 1.807) is 42.5 Å². The summed E-state index contributed by atoms with van der Waals surface area (Å²) in [6, 6.07) is 13.9. The topological polar surface area (TPSA) is 99.9 Å². The number of carbonyl (C=O) groups is 1. The molecule has 0 aliphatic heterocycles. The normalized spacial score (nSPS) is 9.96. The summed E-state index contributed by atoms with van der Waals surface area (Å²) in [6.45, 7) is 0. The Labute approximate surface area is 160 Å². The number of ether oxygens (including phenoxy) is 1. The van der Waals surface area contributed by atoms with Gasteiger partial charge in [-0.25, -0.2) is 9.97 Å². The second-order valence-electron chi connectivity index (χ2n) is 5.38. The molecule has 0 saturated heterocycles. The summed E-state index contributed by atoms with van der Waals surface area (Å²) in [5.74, 6) is 0.467. The number of benzene rings is 2. The first kappa shape index (κ1) is 18.2. The van der Waals surface area contributed by atoms with Gasteiger partial charge in [0.2, 0.25) is 5.95 Å². The van der Waals surface area contributed by atoms with Crippen molar-refractivity contribution in [3.63, 3.8) is 0 Å². The monoisotopic (exact) mass is 379 g/mol. The lowest BCUT2D eigenvalue weighted by molar-refractivity contribution is 0.102. The molecular formula is C19H14ClN5O2. The molecule has 1 amide bonds. The van der Waals surface area contributed by atoms with Crippen molar-refractivity contribution >= 4 is 34.8 Å². The molecule has 0 saturated carbocycles. The molecule has 0 aliphatic carbocycles. The lowest BCUT2D eigenvalue weighted by Crippen LogP contribution is -2.14. The summed E-state index contributed by atoms with van der Waals surface area (Å²) < 4.78 is 5.10. The number of para-hydroxylation sites is 1. The van der Waals surface area contributed by atoms with Gasteiger partial charge in [-0.05, 0) is 30.3 Å². The highest BCUT2D eigenvalue weighted by Gasteiger charge is 2.10. The van der Waals surface area contributed by atoms with Crippen molar-refractivity contribution in [1.29, 1.82) is 5.26 Å². The lowest BCUT2D eigenvalue weighted by atomic mass is 10.2. The van der Waals surface area contributed by atoms with Crippen molar-refractivity contribution in [3.05, 3.63) is 71.0 Å². The number of amides is 1. The number of nitrogens with zero attached hydrogens (tertiary/aromatic N) is 3. The van der Waals surface area contributed by atoms with Crippen LogP contribution in [0.4, 0.5) is 17.3 Å². The molecule has 0 radical (unpaired) electrons. The standard InChI is InChI=1S/C19H14ClN5O2/c1-27-17-7-6-14(8-15(17)20)24-19-22-10-13(11-23-19)18(26)25-16-5-3-2-4-12(16)9-21/h2-8,10-11H,1H3,(H,25,26)(H,22,23,24). The summed E-state index contributed by atoms with van der Waals surface area (Å²) >= 11 is 6.08. The van der Waals surface area contributed by atoms with Crippen LogP contribution in [0, 0.1) is 11.3 Å². The number of methoxy groups -OCH3 is 1. The van der Waals surface area contributed by atoms with Gasteiger partial charge in [0.05, 0.1) is 28.9 Å². The van der Waals surface area contributed by atoms with Crippen LogP contribution >= 0.6 is 11.6 Å². The first-order chi connectivity index (χ1) is 13.1. The van der Waals surface area contributed by atoms with Crippen LogP contribution in [0.25, 0.3) is 0 Å². The smallest absolute Gasteiger partial charge is 0.258 e. The average molecular weight is 380 g/mol. The number of aromatic nitrogens is 2. The van der Waals surface area contributed by atoms with Gasteiger partial charge in [0.25, 0.3) is 5.91 Å². The van der Waals surface area contributed by atoms with Crippen molar-refractivity contribution in [2.24, 2.45) is 0 Å². The van der Waals surface area contributed by atoms with Crippen molar-refractivity contribution < 1.29 is 9.53 Å². The van der Waals surface area contributed by atoms with Gasteiger partial charge in [-0.2, -0.15) is 5.26 Å². The highest BCUT2D eigenvalue weighted by molar-refractivity contribution is 6.32. The van der Waals surface area contributed by atoms with Gasteiger partial charge >= 0.3 is 0 Å². The molecule has 3 rings (SSSR count). The maximum atomic E-state index is 12.3. The molecular weight excluding hydrogens is 366 g/mol. The number of anilines is 3. The third-order valence-corrected chi connectivity index (χ3v) is 3.91. The predicted molar refractivity (Wildman–Crippen MR) is 102 cm³/mol. The summed E-state index contributed by atoms with van der Waals surface area (Å²) in [7, 11) is 1.54. The fraction of sp³-hybridized carbons (Fsp3) is 0.0526. The Hall–Kier alpha value is -3.63. The summed E-state index contributed by atoms with van der Waals surface area (Å²) in [4.78, 5) is 20.6. The molecule has 3 aromatic rings. The number of carbonyl (C=O) groups excluding carboxylic acids is 1. The van der Waals surface area contributed by atoms with Gasteiger partial charge in [0, 0.05) is 18.1 Å². The SMILES string of the molecule is COc1ccc(Nc2ncc(C(=O)Nc3ccccc3C#N)cn2)cc1Cl. The Kier molecular flexibility index (Phi) is 5.50. The minimum Gasteiger partial charge on any atom is -0.495 e. The first-order valence-corrected chi connectivity index (χ1v) is 8.21. The minimum absolute atomic E-state index is 0.265. The highest BCUT2D eigenvalue weighted by atomic mass is 35.5. The van der Waals surface area contributed by atoms with E-state index in [9.17, 15) is 4.79 Å². The van der Waals surface area contributed by atoms with E-state index in [2.05, 4.69) is 20.6 Å². The van der Waals surface area contributed by atoms with Crippen LogP contribution < -0.4 is 15.4 Å². The fourth-order valence-electron chi connectivity index (χ4n) is 2.27. The zero-order chi connectivity index (χ0) is 19.2. The maximum absolute atomic E-state index is 12.3. The molecule has 2 aromatic carbocycles. The number of rotatable bonds is 5. The third kappa shape index (κ3) is 4.32. The van der Waals surface area contributed by atoms with Gasteiger partial charge in [-0.15, -0.1) is 0 Å². The molecule has 1 heterocycles. The van der Waals surface area contributed by atoms with E-state index in [1.807, 2.05) is 6.07 Å². The maximum Gasteiger partial charge on any atom is 0.258 e. The average Bonchev–Trinajstić information content (AvgIpc) is 2.69. The van der Waals surface area contributed by atoms with E-state index in [0.29, 0.717) is 33.7 Å². The summed E-state index contributed by atoms with van der Waals surface area (Å²) in [5.41, 5.74) is 1.75. The van der Waals surface area contributed by atoms with Crippen LogP contribution in [0.15, 0.2) is 54.9 Å². The molecule has 1 aromatic heterocycles. The largest absolute Gasteiger partial charge is 0.495 e. The van der Waals surface area contributed by atoms with Gasteiger partial charge in [-0.3, -0.25) is 4.79 Å². The van der Waals surface area contributed by atoms with E-state index in [4.69, 9.17) is 21.6 Å². The molecule has 7 nitrogen and oxygen atoms in total. The van der Waals surface area contributed by atoms with E-state index >= 15 is 0 Å². The van der Waals surface area contributed by atoms with Crippen molar-refractivity contribution in [2.45, 2.75) is 0 Å². The molecule has 0 atom stereocenters. The van der Waals surface area contributed by atoms with Crippen LogP contribution in [-0.2, 0) is 0 Å². The Bertz CT molecular complexity index is 1020. The Morgan fingerprint density at radius 2 is 1.93 bits per heavy atom. The third-order valence-electron chi connectivity index (χ3n) is 3.62. The molecule has 0 aliphatic rings. The van der Waals surface area contributed by atoms with Crippen molar-refractivity contribution in [2.75, 3.05) is 17.7 Å². The van der Waals surface area contributed by atoms with E-state index in [1.165, 1.54) is 19.5 Å². The Morgan fingerprint density at radius 1 is 1.19 bits per heavy atom. The highest BCUT2D eigenvalue weighted by Crippen LogP contribution is 2.28. The van der Waals surface area contributed by atoms with Crippen molar-refractivity contribution in [1.82, 2.24) is 9.97 Å². The van der Waals surface area contributed by atoms with Gasteiger partial charge in [0.1, 0.15) is 11.8 Å². The summed E-state index contributed by atoms with van der Waals surface area (Å²) in [6.07, 6.45) is 2.79. The van der Waals surface area contributed by atoms with E-state index in [0.717, 1.165) is 0 Å².